The van der Waals surface area contributed by atoms with Gasteiger partial charge in [-0.3, -0.25) is 4.79 Å². The Bertz CT molecular complexity index is 274. The van der Waals surface area contributed by atoms with Gasteiger partial charge in [-0.1, -0.05) is 5.16 Å². The molecular formula is C7H11N3O3. The molecule has 0 saturated heterocycles. The fourth-order valence-corrected chi connectivity index (χ4v) is 0.803. The lowest BCUT2D eigenvalue weighted by molar-refractivity contribution is -0.110. The van der Waals surface area contributed by atoms with Gasteiger partial charge in [-0.25, -0.2) is 0 Å². The van der Waals surface area contributed by atoms with Crippen LogP contribution in [0.5, 0.6) is 0 Å². The second-order valence-corrected chi connectivity index (χ2v) is 2.49. The Labute approximate surface area is 75.3 Å². The summed E-state index contributed by atoms with van der Waals surface area (Å²) in [6.45, 7) is 2.04. The van der Waals surface area contributed by atoms with Crippen molar-refractivity contribution in [1.29, 1.82) is 0 Å². The topological polar surface area (TPSA) is 77.2 Å². The third kappa shape index (κ3) is 2.51. The lowest BCUT2D eigenvalue weighted by Crippen LogP contribution is -2.17. The second-order valence-electron chi connectivity index (χ2n) is 2.49. The Hall–Kier alpha value is -1.43. The Balaban J connectivity index is 2.61. The largest absolute Gasteiger partial charge is 0.375 e. The van der Waals surface area contributed by atoms with Crippen LogP contribution in [-0.2, 0) is 16.1 Å². The van der Waals surface area contributed by atoms with E-state index in [1.807, 2.05) is 0 Å². The van der Waals surface area contributed by atoms with Gasteiger partial charge < -0.3 is 14.6 Å². The van der Waals surface area contributed by atoms with Crippen LogP contribution in [0.2, 0.25) is 0 Å². The zero-order valence-electron chi connectivity index (χ0n) is 7.48. The highest BCUT2D eigenvalue weighted by atomic mass is 16.5. The van der Waals surface area contributed by atoms with Crippen LogP contribution in [0.1, 0.15) is 24.7 Å². The van der Waals surface area contributed by atoms with Crippen molar-refractivity contribution in [3.8, 4) is 0 Å². The molecule has 6 heteroatoms. The Morgan fingerprint density at radius 2 is 2.54 bits per heavy atom. The monoisotopic (exact) mass is 185 g/mol. The molecule has 0 aliphatic heterocycles. The molecule has 1 rings (SSSR count). The Morgan fingerprint density at radius 1 is 1.77 bits per heavy atom. The summed E-state index contributed by atoms with van der Waals surface area (Å²) in [5.41, 5.74) is 0. The smallest absolute Gasteiger partial charge is 0.252 e. The normalized spacial score (nSPS) is 12.5. The van der Waals surface area contributed by atoms with Gasteiger partial charge >= 0.3 is 0 Å². The number of carbonyl (C=O) groups is 1. The number of amides is 1. The van der Waals surface area contributed by atoms with E-state index in [1.165, 1.54) is 7.11 Å². The molecule has 1 heterocycles. The molecule has 0 radical (unpaired) electrons. The van der Waals surface area contributed by atoms with Crippen molar-refractivity contribution in [1.82, 2.24) is 15.5 Å². The lowest BCUT2D eigenvalue weighted by atomic mass is 10.3. The molecular weight excluding hydrogens is 174 g/mol. The summed E-state index contributed by atoms with van der Waals surface area (Å²) in [4.78, 5) is 14.1. The molecule has 6 nitrogen and oxygen atoms in total. The number of methoxy groups -OCH3 is 1. The van der Waals surface area contributed by atoms with Crippen LogP contribution in [-0.4, -0.2) is 23.7 Å². The third-order valence-corrected chi connectivity index (χ3v) is 1.46. The van der Waals surface area contributed by atoms with E-state index >= 15 is 0 Å². The summed E-state index contributed by atoms with van der Waals surface area (Å²) in [5, 5.41) is 6.18. The number of hydrogen-bond donors (Lipinski definition) is 1. The number of nitrogens with one attached hydrogen (secondary N) is 1. The molecule has 0 spiro atoms. The predicted octanol–water partition coefficient (Wildman–Crippen LogP) is 0.0230. The number of hydrogen-bond acceptors (Lipinski definition) is 5. The van der Waals surface area contributed by atoms with Gasteiger partial charge in [0.25, 0.3) is 5.89 Å². The maximum absolute atomic E-state index is 10.1. The Morgan fingerprint density at radius 3 is 3.15 bits per heavy atom. The highest BCUT2D eigenvalue weighted by molar-refractivity contribution is 5.46. The number of carbonyl (C=O) groups excluding carboxylic acids is 1. The van der Waals surface area contributed by atoms with Gasteiger partial charge in [-0.2, -0.15) is 4.98 Å². The van der Waals surface area contributed by atoms with Crippen molar-refractivity contribution >= 4 is 6.41 Å². The zero-order chi connectivity index (χ0) is 9.68. The quantitative estimate of drug-likeness (QED) is 0.654. The van der Waals surface area contributed by atoms with E-state index in [9.17, 15) is 4.79 Å². The SMILES string of the molecule is COCc1nc(C(C)NC=O)no1. The molecule has 0 bridgehead atoms. The van der Waals surface area contributed by atoms with E-state index in [4.69, 9.17) is 9.26 Å². The van der Waals surface area contributed by atoms with Crippen LogP contribution in [0.25, 0.3) is 0 Å². The van der Waals surface area contributed by atoms with E-state index in [1.54, 1.807) is 6.92 Å². The highest BCUT2D eigenvalue weighted by Gasteiger charge is 2.11. The second kappa shape index (κ2) is 4.56. The average molecular weight is 185 g/mol. The molecule has 0 aromatic carbocycles. The average Bonchev–Trinajstić information content (AvgIpc) is 2.54. The summed E-state index contributed by atoms with van der Waals surface area (Å²) < 4.78 is 9.63. The van der Waals surface area contributed by atoms with Gasteiger partial charge in [0.1, 0.15) is 6.61 Å². The number of aromatic nitrogens is 2. The van der Waals surface area contributed by atoms with E-state index < -0.39 is 0 Å². The molecule has 0 aliphatic carbocycles. The van der Waals surface area contributed by atoms with Crippen LogP contribution < -0.4 is 5.32 Å². The molecule has 0 aliphatic rings. The van der Waals surface area contributed by atoms with Crippen molar-refractivity contribution in [3.63, 3.8) is 0 Å². The van der Waals surface area contributed by atoms with Crippen molar-refractivity contribution < 1.29 is 14.1 Å². The summed E-state index contributed by atoms with van der Waals surface area (Å²) >= 11 is 0. The van der Waals surface area contributed by atoms with E-state index in [-0.39, 0.29) is 12.6 Å². The van der Waals surface area contributed by atoms with E-state index in [2.05, 4.69) is 15.5 Å². The van der Waals surface area contributed by atoms with Crippen LogP contribution >= 0.6 is 0 Å². The maximum Gasteiger partial charge on any atom is 0.252 e. The molecule has 1 aromatic rings. The fraction of sp³-hybridized carbons (Fsp3) is 0.571. The van der Waals surface area contributed by atoms with Gasteiger partial charge in [0.05, 0.1) is 6.04 Å². The summed E-state index contributed by atoms with van der Waals surface area (Å²) in [6, 6.07) is -0.244. The van der Waals surface area contributed by atoms with E-state index in [0.717, 1.165) is 0 Å². The van der Waals surface area contributed by atoms with Gasteiger partial charge in [0.15, 0.2) is 5.82 Å². The first-order valence-electron chi connectivity index (χ1n) is 3.79. The zero-order valence-corrected chi connectivity index (χ0v) is 7.48. The molecule has 1 aromatic heterocycles. The lowest BCUT2D eigenvalue weighted by Gasteiger charge is -2.01. The van der Waals surface area contributed by atoms with Crippen LogP contribution in [0, 0.1) is 0 Å². The molecule has 1 unspecified atom stereocenters. The first-order chi connectivity index (χ1) is 6.27. The minimum Gasteiger partial charge on any atom is -0.375 e. The van der Waals surface area contributed by atoms with Gasteiger partial charge in [-0.05, 0) is 6.92 Å². The van der Waals surface area contributed by atoms with Crippen LogP contribution in [0.15, 0.2) is 4.52 Å². The van der Waals surface area contributed by atoms with Gasteiger partial charge in [0, 0.05) is 7.11 Å². The molecule has 1 atom stereocenters. The molecule has 1 amide bonds. The van der Waals surface area contributed by atoms with Crippen molar-refractivity contribution in [2.24, 2.45) is 0 Å². The number of ether oxygens (including phenoxy) is 1. The van der Waals surface area contributed by atoms with E-state index in [0.29, 0.717) is 18.1 Å². The maximum atomic E-state index is 10.1. The van der Waals surface area contributed by atoms with Crippen molar-refractivity contribution in [3.05, 3.63) is 11.7 Å². The predicted molar refractivity (Wildman–Crippen MR) is 42.6 cm³/mol. The molecule has 0 saturated carbocycles. The van der Waals surface area contributed by atoms with Gasteiger partial charge in [-0.15, -0.1) is 0 Å². The first kappa shape index (κ1) is 9.66. The summed E-state index contributed by atoms with van der Waals surface area (Å²) in [7, 11) is 1.54. The molecule has 13 heavy (non-hydrogen) atoms. The van der Waals surface area contributed by atoms with Crippen LogP contribution in [0.3, 0.4) is 0 Å². The molecule has 1 N–H and O–H groups in total. The number of nitrogens with zero attached hydrogens (tertiary/aromatic N) is 2. The summed E-state index contributed by atoms with van der Waals surface area (Å²) in [5.74, 6) is 0.844. The molecule has 72 valence electrons. The van der Waals surface area contributed by atoms with Crippen molar-refractivity contribution in [2.45, 2.75) is 19.6 Å². The first-order valence-corrected chi connectivity index (χ1v) is 3.79. The standard InChI is InChI=1S/C7H11N3O3/c1-5(8-4-11)7-9-6(3-12-2)13-10-7/h4-5H,3H2,1-2H3,(H,8,11). The third-order valence-electron chi connectivity index (χ3n) is 1.46. The van der Waals surface area contributed by atoms with Gasteiger partial charge in [0.2, 0.25) is 6.41 Å². The fourth-order valence-electron chi connectivity index (χ4n) is 0.803. The van der Waals surface area contributed by atoms with Crippen molar-refractivity contribution in [2.75, 3.05) is 7.11 Å². The minimum absolute atomic E-state index is 0.244. The number of rotatable bonds is 5. The molecule has 0 fully saturated rings. The Kier molecular flexibility index (Phi) is 3.39. The van der Waals surface area contributed by atoms with Crippen LogP contribution in [0.4, 0.5) is 0 Å². The minimum atomic E-state index is -0.244. The highest BCUT2D eigenvalue weighted by Crippen LogP contribution is 2.07. The summed E-state index contributed by atoms with van der Waals surface area (Å²) in [6.07, 6.45) is 0.594.